The number of carbonyl (C=O) groups excluding carboxylic acids is 1. The summed E-state index contributed by atoms with van der Waals surface area (Å²) in [5, 5.41) is 5.99. The van der Waals surface area contributed by atoms with Crippen molar-refractivity contribution >= 4 is 17.2 Å². The summed E-state index contributed by atoms with van der Waals surface area (Å²) in [4.78, 5) is 15.7. The second-order valence-corrected chi connectivity index (χ2v) is 4.62. The van der Waals surface area contributed by atoms with Gasteiger partial charge >= 0.3 is 0 Å². The standard InChI is InChI=1S/C11H18N2OS/c1-3-4-7-12-11(14)6-5-10-8-15-9(2)13-10/h8H,3-7H2,1-2H3,(H,12,14). The second kappa shape index (κ2) is 6.56. The molecule has 0 aliphatic carbocycles. The van der Waals surface area contributed by atoms with Gasteiger partial charge in [-0.3, -0.25) is 4.79 Å². The van der Waals surface area contributed by atoms with Crippen LogP contribution >= 0.6 is 11.3 Å². The molecule has 0 bridgehead atoms. The van der Waals surface area contributed by atoms with E-state index in [9.17, 15) is 4.79 Å². The van der Waals surface area contributed by atoms with Gasteiger partial charge in [0.2, 0.25) is 5.91 Å². The fraction of sp³-hybridized carbons (Fsp3) is 0.636. The van der Waals surface area contributed by atoms with Crippen LogP contribution in [0.4, 0.5) is 0 Å². The Morgan fingerprint density at radius 3 is 3.00 bits per heavy atom. The maximum atomic E-state index is 11.4. The van der Waals surface area contributed by atoms with Crippen LogP contribution in [0.25, 0.3) is 0 Å². The molecule has 0 atom stereocenters. The molecule has 84 valence electrons. The van der Waals surface area contributed by atoms with Gasteiger partial charge < -0.3 is 5.32 Å². The summed E-state index contributed by atoms with van der Waals surface area (Å²) in [6.07, 6.45) is 3.47. The SMILES string of the molecule is CCCCNC(=O)CCc1csc(C)n1. The lowest BCUT2D eigenvalue weighted by Gasteiger charge is -2.02. The number of nitrogens with one attached hydrogen (secondary N) is 1. The molecule has 0 aliphatic heterocycles. The van der Waals surface area contributed by atoms with E-state index in [-0.39, 0.29) is 5.91 Å². The zero-order chi connectivity index (χ0) is 11.1. The Morgan fingerprint density at radius 2 is 2.40 bits per heavy atom. The van der Waals surface area contributed by atoms with E-state index in [1.54, 1.807) is 11.3 Å². The normalized spacial score (nSPS) is 10.3. The molecule has 1 amide bonds. The summed E-state index contributed by atoms with van der Waals surface area (Å²) in [7, 11) is 0. The van der Waals surface area contributed by atoms with Crippen molar-refractivity contribution in [3.8, 4) is 0 Å². The maximum Gasteiger partial charge on any atom is 0.220 e. The fourth-order valence-corrected chi connectivity index (χ4v) is 1.90. The number of unbranched alkanes of at least 4 members (excludes halogenated alkanes) is 1. The van der Waals surface area contributed by atoms with E-state index in [4.69, 9.17) is 0 Å². The van der Waals surface area contributed by atoms with Gasteiger partial charge in [0.25, 0.3) is 0 Å². The molecule has 1 aromatic heterocycles. The summed E-state index contributed by atoms with van der Waals surface area (Å²) in [6, 6.07) is 0. The third-order valence-electron chi connectivity index (χ3n) is 2.13. The first-order chi connectivity index (χ1) is 7.22. The quantitative estimate of drug-likeness (QED) is 0.756. The summed E-state index contributed by atoms with van der Waals surface area (Å²) in [5.74, 6) is 0.133. The first-order valence-electron chi connectivity index (χ1n) is 5.40. The van der Waals surface area contributed by atoms with Gasteiger partial charge in [-0.05, 0) is 19.8 Å². The summed E-state index contributed by atoms with van der Waals surface area (Å²) >= 11 is 1.63. The molecule has 1 N–H and O–H groups in total. The van der Waals surface area contributed by atoms with Gasteiger partial charge in [0.05, 0.1) is 10.7 Å². The van der Waals surface area contributed by atoms with Crippen molar-refractivity contribution in [1.82, 2.24) is 10.3 Å². The molecular formula is C11H18N2OS. The molecule has 0 radical (unpaired) electrons. The number of amides is 1. The molecule has 3 nitrogen and oxygen atoms in total. The molecule has 0 saturated heterocycles. The topological polar surface area (TPSA) is 42.0 Å². The van der Waals surface area contributed by atoms with Crippen LogP contribution in [0, 0.1) is 6.92 Å². The fourth-order valence-electron chi connectivity index (χ4n) is 1.26. The second-order valence-electron chi connectivity index (χ2n) is 3.56. The van der Waals surface area contributed by atoms with E-state index in [1.807, 2.05) is 12.3 Å². The Kier molecular flexibility index (Phi) is 5.32. The highest BCUT2D eigenvalue weighted by molar-refractivity contribution is 7.09. The Hall–Kier alpha value is -0.900. The minimum atomic E-state index is 0.133. The van der Waals surface area contributed by atoms with Gasteiger partial charge in [-0.25, -0.2) is 4.98 Å². The van der Waals surface area contributed by atoms with Crippen LogP contribution in [0.1, 0.15) is 36.9 Å². The Bertz CT molecular complexity index is 309. The van der Waals surface area contributed by atoms with E-state index >= 15 is 0 Å². The molecular weight excluding hydrogens is 208 g/mol. The van der Waals surface area contributed by atoms with Crippen molar-refractivity contribution in [2.75, 3.05) is 6.54 Å². The van der Waals surface area contributed by atoms with E-state index in [2.05, 4.69) is 17.2 Å². The minimum Gasteiger partial charge on any atom is -0.356 e. The molecule has 0 spiro atoms. The molecule has 0 saturated carbocycles. The number of nitrogens with zero attached hydrogens (tertiary/aromatic N) is 1. The minimum absolute atomic E-state index is 0.133. The third-order valence-corrected chi connectivity index (χ3v) is 2.95. The number of aryl methyl sites for hydroxylation is 2. The van der Waals surface area contributed by atoms with Gasteiger partial charge in [0, 0.05) is 18.3 Å². The van der Waals surface area contributed by atoms with Crippen molar-refractivity contribution in [1.29, 1.82) is 0 Å². The molecule has 0 aliphatic rings. The number of hydrogen-bond acceptors (Lipinski definition) is 3. The van der Waals surface area contributed by atoms with E-state index in [1.165, 1.54) is 0 Å². The summed E-state index contributed by atoms with van der Waals surface area (Å²) in [5.41, 5.74) is 1.03. The van der Waals surface area contributed by atoms with Crippen LogP contribution in [-0.4, -0.2) is 17.4 Å². The zero-order valence-electron chi connectivity index (χ0n) is 9.38. The van der Waals surface area contributed by atoms with Crippen LogP contribution in [-0.2, 0) is 11.2 Å². The Balaban J connectivity index is 2.16. The van der Waals surface area contributed by atoms with Crippen molar-refractivity contribution < 1.29 is 4.79 Å². The average molecular weight is 226 g/mol. The van der Waals surface area contributed by atoms with Crippen LogP contribution in [0.3, 0.4) is 0 Å². The van der Waals surface area contributed by atoms with Crippen molar-refractivity contribution in [2.24, 2.45) is 0 Å². The number of thiazole rings is 1. The highest BCUT2D eigenvalue weighted by Crippen LogP contribution is 2.09. The largest absolute Gasteiger partial charge is 0.356 e. The van der Waals surface area contributed by atoms with Crippen molar-refractivity contribution in [2.45, 2.75) is 39.5 Å². The highest BCUT2D eigenvalue weighted by atomic mass is 32.1. The predicted molar refractivity (Wildman–Crippen MR) is 63.1 cm³/mol. The predicted octanol–water partition coefficient (Wildman–Crippen LogP) is 2.30. The number of rotatable bonds is 6. The zero-order valence-corrected chi connectivity index (χ0v) is 10.2. The lowest BCUT2D eigenvalue weighted by atomic mass is 10.2. The Labute approximate surface area is 94.9 Å². The van der Waals surface area contributed by atoms with Crippen molar-refractivity contribution in [3.05, 3.63) is 16.1 Å². The van der Waals surface area contributed by atoms with Gasteiger partial charge in [0.15, 0.2) is 0 Å². The molecule has 1 rings (SSSR count). The molecule has 0 unspecified atom stereocenters. The van der Waals surface area contributed by atoms with Gasteiger partial charge in [-0.15, -0.1) is 11.3 Å². The van der Waals surface area contributed by atoms with Gasteiger partial charge in [-0.1, -0.05) is 13.3 Å². The lowest BCUT2D eigenvalue weighted by molar-refractivity contribution is -0.121. The molecule has 4 heteroatoms. The van der Waals surface area contributed by atoms with Crippen molar-refractivity contribution in [3.63, 3.8) is 0 Å². The van der Waals surface area contributed by atoms with E-state index < -0.39 is 0 Å². The summed E-state index contributed by atoms with van der Waals surface area (Å²) in [6.45, 7) is 4.89. The first-order valence-corrected chi connectivity index (χ1v) is 6.28. The molecule has 1 aromatic rings. The third kappa shape index (κ3) is 4.93. The van der Waals surface area contributed by atoms with E-state index in [0.717, 1.165) is 36.5 Å². The lowest BCUT2D eigenvalue weighted by Crippen LogP contribution is -2.24. The smallest absolute Gasteiger partial charge is 0.220 e. The molecule has 1 heterocycles. The van der Waals surface area contributed by atoms with Crippen LogP contribution in [0.2, 0.25) is 0 Å². The molecule has 0 fully saturated rings. The first kappa shape index (κ1) is 12.2. The Morgan fingerprint density at radius 1 is 1.60 bits per heavy atom. The number of hydrogen-bond donors (Lipinski definition) is 1. The monoisotopic (exact) mass is 226 g/mol. The number of carbonyl (C=O) groups is 1. The molecule has 15 heavy (non-hydrogen) atoms. The average Bonchev–Trinajstić information content (AvgIpc) is 2.62. The highest BCUT2D eigenvalue weighted by Gasteiger charge is 2.03. The van der Waals surface area contributed by atoms with Gasteiger partial charge in [0.1, 0.15) is 0 Å². The van der Waals surface area contributed by atoms with Crippen LogP contribution < -0.4 is 5.32 Å². The summed E-state index contributed by atoms with van der Waals surface area (Å²) < 4.78 is 0. The molecule has 0 aromatic carbocycles. The van der Waals surface area contributed by atoms with Crippen LogP contribution in [0.15, 0.2) is 5.38 Å². The van der Waals surface area contributed by atoms with E-state index in [0.29, 0.717) is 6.42 Å². The maximum absolute atomic E-state index is 11.4. The van der Waals surface area contributed by atoms with Crippen LogP contribution in [0.5, 0.6) is 0 Å². The van der Waals surface area contributed by atoms with Gasteiger partial charge in [-0.2, -0.15) is 0 Å². The number of aromatic nitrogens is 1.